The molecule has 0 N–H and O–H groups in total. The Hall–Kier alpha value is -2.29. The summed E-state index contributed by atoms with van der Waals surface area (Å²) in [5.74, 6) is 0.593. The number of aromatic nitrogens is 2. The molecule has 1 amide bonds. The third-order valence-electron chi connectivity index (χ3n) is 6.92. The first kappa shape index (κ1) is 22.5. The fourth-order valence-corrected chi connectivity index (χ4v) is 5.99. The zero-order valence-corrected chi connectivity index (χ0v) is 20.0. The topological polar surface area (TPSA) is 50.6 Å². The predicted octanol–water partition coefficient (Wildman–Crippen LogP) is 4.17. The summed E-state index contributed by atoms with van der Waals surface area (Å²) in [6.45, 7) is 9.14. The van der Waals surface area contributed by atoms with Gasteiger partial charge < -0.3 is 9.64 Å². The number of morpholine rings is 1. The van der Waals surface area contributed by atoms with Gasteiger partial charge in [0.05, 0.1) is 30.3 Å². The Balaban J connectivity index is 1.20. The van der Waals surface area contributed by atoms with Gasteiger partial charge in [-0.25, -0.2) is 4.39 Å². The second-order valence-corrected chi connectivity index (χ2v) is 10.2. The molecule has 0 aliphatic carbocycles. The van der Waals surface area contributed by atoms with E-state index in [1.807, 2.05) is 22.6 Å². The molecule has 4 heterocycles. The minimum Gasteiger partial charge on any atom is -0.379 e. The van der Waals surface area contributed by atoms with Gasteiger partial charge in [0.25, 0.3) is 5.91 Å². The molecule has 5 rings (SSSR count). The number of aryl methyl sites for hydroxylation is 1. The SMILES string of the molecule is Cc1nn(Cc2ccc(F)cc2)c2sc(C(=O)N3CCC(CCN4CCOCC4)CC3)cc12. The predicted molar refractivity (Wildman–Crippen MR) is 128 cm³/mol. The lowest BCUT2D eigenvalue weighted by molar-refractivity contribution is 0.0332. The zero-order chi connectivity index (χ0) is 22.8. The van der Waals surface area contributed by atoms with Crippen LogP contribution >= 0.6 is 11.3 Å². The van der Waals surface area contributed by atoms with Gasteiger partial charge in [0, 0.05) is 31.6 Å². The summed E-state index contributed by atoms with van der Waals surface area (Å²) in [5, 5.41) is 5.68. The lowest BCUT2D eigenvalue weighted by Crippen LogP contribution is -2.40. The molecular weight excluding hydrogens is 439 g/mol. The average Bonchev–Trinajstić information content (AvgIpc) is 3.41. The molecule has 1 aromatic carbocycles. The smallest absolute Gasteiger partial charge is 0.264 e. The van der Waals surface area contributed by atoms with E-state index in [9.17, 15) is 9.18 Å². The molecule has 6 nitrogen and oxygen atoms in total. The fraction of sp³-hybridized carbons (Fsp3) is 0.520. The monoisotopic (exact) mass is 470 g/mol. The highest BCUT2D eigenvalue weighted by atomic mass is 32.1. The van der Waals surface area contributed by atoms with Crippen molar-refractivity contribution in [2.24, 2.45) is 5.92 Å². The maximum absolute atomic E-state index is 13.2. The Bertz CT molecular complexity index is 1100. The third-order valence-corrected chi connectivity index (χ3v) is 8.06. The number of nitrogens with zero attached hydrogens (tertiary/aromatic N) is 4. The number of hydrogen-bond donors (Lipinski definition) is 0. The van der Waals surface area contributed by atoms with Crippen molar-refractivity contribution in [3.8, 4) is 0 Å². The van der Waals surface area contributed by atoms with Gasteiger partial charge in [0.2, 0.25) is 0 Å². The van der Waals surface area contributed by atoms with Gasteiger partial charge in [-0.1, -0.05) is 12.1 Å². The van der Waals surface area contributed by atoms with Crippen molar-refractivity contribution in [1.82, 2.24) is 19.6 Å². The number of halogens is 1. The molecule has 8 heteroatoms. The minimum atomic E-state index is -0.241. The van der Waals surface area contributed by atoms with E-state index in [4.69, 9.17) is 4.74 Å². The lowest BCUT2D eigenvalue weighted by Gasteiger charge is -2.33. The van der Waals surface area contributed by atoms with Crippen LogP contribution in [0.2, 0.25) is 0 Å². The number of carbonyl (C=O) groups excluding carboxylic acids is 1. The summed E-state index contributed by atoms with van der Waals surface area (Å²) >= 11 is 1.52. The van der Waals surface area contributed by atoms with E-state index in [1.165, 1.54) is 29.9 Å². The number of thiophene rings is 1. The van der Waals surface area contributed by atoms with Gasteiger partial charge in [-0.2, -0.15) is 5.10 Å². The van der Waals surface area contributed by atoms with Crippen molar-refractivity contribution < 1.29 is 13.9 Å². The molecule has 0 atom stereocenters. The van der Waals surface area contributed by atoms with Crippen LogP contribution in [-0.4, -0.2) is 71.4 Å². The highest BCUT2D eigenvalue weighted by molar-refractivity contribution is 7.20. The molecule has 0 saturated carbocycles. The highest BCUT2D eigenvalue weighted by Gasteiger charge is 2.26. The number of likely N-dealkylation sites (tertiary alicyclic amines) is 1. The van der Waals surface area contributed by atoms with E-state index in [1.54, 1.807) is 12.1 Å². The van der Waals surface area contributed by atoms with Crippen LogP contribution in [-0.2, 0) is 11.3 Å². The van der Waals surface area contributed by atoms with Crippen LogP contribution in [0.25, 0.3) is 10.2 Å². The van der Waals surface area contributed by atoms with Gasteiger partial charge in [0.15, 0.2) is 0 Å². The number of ether oxygens (including phenoxy) is 1. The Kier molecular flexibility index (Phi) is 6.76. The number of amides is 1. The number of piperidine rings is 1. The maximum Gasteiger partial charge on any atom is 0.264 e. The molecule has 2 fully saturated rings. The van der Waals surface area contributed by atoms with Gasteiger partial charge in [0.1, 0.15) is 10.6 Å². The van der Waals surface area contributed by atoms with E-state index in [0.29, 0.717) is 12.5 Å². The van der Waals surface area contributed by atoms with Crippen LogP contribution in [0.1, 0.15) is 40.2 Å². The van der Waals surface area contributed by atoms with Crippen LogP contribution in [0.5, 0.6) is 0 Å². The number of hydrogen-bond acceptors (Lipinski definition) is 5. The van der Waals surface area contributed by atoms with Gasteiger partial charge in [-0.15, -0.1) is 11.3 Å². The maximum atomic E-state index is 13.2. The van der Waals surface area contributed by atoms with E-state index in [-0.39, 0.29) is 11.7 Å². The van der Waals surface area contributed by atoms with Crippen LogP contribution in [0, 0.1) is 18.7 Å². The van der Waals surface area contributed by atoms with Crippen molar-refractivity contribution in [3.05, 3.63) is 52.3 Å². The largest absolute Gasteiger partial charge is 0.379 e. The first-order chi connectivity index (χ1) is 16.1. The van der Waals surface area contributed by atoms with Crippen LogP contribution in [0.15, 0.2) is 30.3 Å². The molecule has 0 spiro atoms. The summed E-state index contributed by atoms with van der Waals surface area (Å²) < 4.78 is 20.6. The molecule has 0 bridgehead atoms. The number of carbonyl (C=O) groups is 1. The molecule has 33 heavy (non-hydrogen) atoms. The first-order valence-corrected chi connectivity index (χ1v) is 12.7. The third kappa shape index (κ3) is 5.13. The summed E-state index contributed by atoms with van der Waals surface area (Å²) in [4.78, 5) is 19.5. The number of fused-ring (bicyclic) bond motifs is 1. The second-order valence-electron chi connectivity index (χ2n) is 9.18. The van der Waals surface area contributed by atoms with Crippen molar-refractivity contribution in [1.29, 1.82) is 0 Å². The van der Waals surface area contributed by atoms with E-state index >= 15 is 0 Å². The van der Waals surface area contributed by atoms with Gasteiger partial charge >= 0.3 is 0 Å². The molecule has 2 aromatic heterocycles. The molecule has 2 saturated heterocycles. The number of rotatable bonds is 6. The average molecular weight is 471 g/mol. The van der Waals surface area contributed by atoms with Gasteiger partial charge in [-0.3, -0.25) is 14.4 Å². The Morgan fingerprint density at radius 3 is 2.61 bits per heavy atom. The van der Waals surface area contributed by atoms with Crippen LogP contribution in [0.4, 0.5) is 4.39 Å². The molecule has 2 aliphatic heterocycles. The van der Waals surface area contributed by atoms with Crippen LogP contribution in [0.3, 0.4) is 0 Å². The normalized spacial score (nSPS) is 18.3. The Morgan fingerprint density at radius 2 is 1.88 bits per heavy atom. The lowest BCUT2D eigenvalue weighted by atomic mass is 9.93. The summed E-state index contributed by atoms with van der Waals surface area (Å²) in [6.07, 6.45) is 3.38. The quantitative estimate of drug-likeness (QED) is 0.543. The minimum absolute atomic E-state index is 0.135. The van der Waals surface area contributed by atoms with Crippen molar-refractivity contribution >= 4 is 27.5 Å². The van der Waals surface area contributed by atoms with Crippen molar-refractivity contribution in [3.63, 3.8) is 0 Å². The van der Waals surface area contributed by atoms with E-state index in [2.05, 4.69) is 10.00 Å². The molecule has 0 radical (unpaired) electrons. The van der Waals surface area contributed by atoms with Crippen LogP contribution < -0.4 is 0 Å². The van der Waals surface area contributed by atoms with Gasteiger partial charge in [-0.05, 0) is 62.4 Å². The van der Waals surface area contributed by atoms with Crippen molar-refractivity contribution in [2.45, 2.75) is 32.7 Å². The molecular formula is C25H31FN4O2S. The summed E-state index contributed by atoms with van der Waals surface area (Å²) in [7, 11) is 0. The first-order valence-electron chi connectivity index (χ1n) is 11.9. The molecule has 3 aromatic rings. The second kappa shape index (κ2) is 9.91. The number of benzene rings is 1. The van der Waals surface area contributed by atoms with E-state index in [0.717, 1.165) is 85.1 Å². The molecule has 176 valence electrons. The summed E-state index contributed by atoms with van der Waals surface area (Å²) in [5.41, 5.74) is 1.91. The standard InChI is InChI=1S/C25H31FN4O2S/c1-18-22-16-23(33-25(22)30(27-18)17-20-2-4-21(26)5-3-20)24(31)29-10-7-19(8-11-29)6-9-28-12-14-32-15-13-28/h2-5,16,19H,6-15,17H2,1H3. The molecule has 2 aliphatic rings. The zero-order valence-electron chi connectivity index (χ0n) is 19.1. The molecule has 0 unspecified atom stereocenters. The fourth-order valence-electron chi connectivity index (χ4n) is 4.86. The van der Waals surface area contributed by atoms with E-state index < -0.39 is 0 Å². The Morgan fingerprint density at radius 1 is 1.15 bits per heavy atom. The summed E-state index contributed by atoms with van der Waals surface area (Å²) in [6, 6.07) is 8.49. The van der Waals surface area contributed by atoms with Crippen molar-refractivity contribution in [2.75, 3.05) is 45.9 Å². The highest BCUT2D eigenvalue weighted by Crippen LogP contribution is 2.31. The Labute approximate surface area is 197 Å².